The van der Waals surface area contributed by atoms with E-state index in [0.29, 0.717) is 0 Å². The lowest BCUT2D eigenvalue weighted by atomic mass is 10.3. The van der Waals surface area contributed by atoms with E-state index in [1.54, 1.807) is 0 Å². The molecule has 0 aliphatic rings. The Labute approximate surface area is 127 Å². The summed E-state index contributed by atoms with van der Waals surface area (Å²) in [7, 11) is -4.16. The lowest BCUT2D eigenvalue weighted by Gasteiger charge is -2.08. The Morgan fingerprint density at radius 2 is 1.95 bits per heavy atom. The van der Waals surface area contributed by atoms with E-state index >= 15 is 0 Å². The molecular formula is C12H10BrF2NO4S. The van der Waals surface area contributed by atoms with Crippen LogP contribution in [0.15, 0.2) is 32.0 Å². The zero-order valence-electron chi connectivity index (χ0n) is 10.7. The number of aliphatic hydroxyl groups excluding tert-OH is 1. The zero-order valence-corrected chi connectivity index (χ0v) is 13.1. The summed E-state index contributed by atoms with van der Waals surface area (Å²) in [5.41, 5.74) is -0.526. The van der Waals surface area contributed by atoms with Crippen molar-refractivity contribution in [3.63, 3.8) is 0 Å². The van der Waals surface area contributed by atoms with Crippen molar-refractivity contribution in [2.45, 2.75) is 18.4 Å². The third-order valence-corrected chi connectivity index (χ3v) is 4.70. The SMILES string of the molecule is Cc1oc(CO)cc1S(=O)(=O)Nc1cc(F)c(Br)cc1F. The van der Waals surface area contributed by atoms with Gasteiger partial charge >= 0.3 is 0 Å². The number of halogens is 3. The predicted octanol–water partition coefficient (Wildman–Crippen LogP) is 2.92. The Morgan fingerprint density at radius 3 is 2.52 bits per heavy atom. The standard InChI is InChI=1S/C12H10BrF2NO4S/c1-6-12(2-7(5-17)20-6)21(18,19)16-11-4-9(14)8(13)3-10(11)15/h2-4,16-17H,5H2,1H3. The first-order valence-corrected chi connectivity index (χ1v) is 7.89. The smallest absolute Gasteiger partial charge is 0.265 e. The molecule has 0 spiro atoms. The number of rotatable bonds is 4. The monoisotopic (exact) mass is 381 g/mol. The number of hydrogen-bond donors (Lipinski definition) is 2. The van der Waals surface area contributed by atoms with Gasteiger partial charge < -0.3 is 9.52 Å². The molecule has 0 amide bonds. The van der Waals surface area contributed by atoms with Crippen molar-refractivity contribution in [3.05, 3.63) is 45.8 Å². The van der Waals surface area contributed by atoms with Crippen molar-refractivity contribution < 1.29 is 26.7 Å². The Hall–Kier alpha value is -1.45. The fourth-order valence-corrected chi connectivity index (χ4v) is 3.25. The summed E-state index contributed by atoms with van der Waals surface area (Å²) in [6.07, 6.45) is 0. The molecule has 2 N–H and O–H groups in total. The fourth-order valence-electron chi connectivity index (χ4n) is 1.67. The van der Waals surface area contributed by atoms with Crippen LogP contribution in [0.4, 0.5) is 14.5 Å². The van der Waals surface area contributed by atoms with E-state index in [4.69, 9.17) is 9.52 Å². The van der Waals surface area contributed by atoms with Crippen LogP contribution < -0.4 is 4.72 Å². The molecule has 0 aliphatic carbocycles. The fraction of sp³-hybridized carbons (Fsp3) is 0.167. The van der Waals surface area contributed by atoms with Crippen molar-refractivity contribution in [1.29, 1.82) is 0 Å². The molecule has 5 nitrogen and oxygen atoms in total. The number of aryl methyl sites for hydroxylation is 1. The number of furan rings is 1. The van der Waals surface area contributed by atoms with Crippen LogP contribution in [0.25, 0.3) is 0 Å². The van der Waals surface area contributed by atoms with Gasteiger partial charge in [-0.25, -0.2) is 17.2 Å². The molecule has 2 rings (SSSR count). The van der Waals surface area contributed by atoms with Crippen LogP contribution in [0.5, 0.6) is 0 Å². The van der Waals surface area contributed by atoms with Crippen molar-refractivity contribution in [2.75, 3.05) is 4.72 Å². The summed E-state index contributed by atoms with van der Waals surface area (Å²) in [5.74, 6) is -1.66. The number of hydrogen-bond acceptors (Lipinski definition) is 4. The molecule has 2 aromatic rings. The van der Waals surface area contributed by atoms with Crippen LogP contribution in [0, 0.1) is 18.6 Å². The number of aliphatic hydroxyl groups is 1. The van der Waals surface area contributed by atoms with Crippen LogP contribution in [0.2, 0.25) is 0 Å². The topological polar surface area (TPSA) is 79.5 Å². The lowest BCUT2D eigenvalue weighted by Crippen LogP contribution is -2.14. The van der Waals surface area contributed by atoms with E-state index in [1.807, 2.05) is 4.72 Å². The van der Waals surface area contributed by atoms with E-state index in [2.05, 4.69) is 15.9 Å². The maximum Gasteiger partial charge on any atom is 0.265 e. The summed E-state index contributed by atoms with van der Waals surface area (Å²) in [6.45, 7) is 0.907. The molecular weight excluding hydrogens is 372 g/mol. The van der Waals surface area contributed by atoms with Crippen LogP contribution in [-0.4, -0.2) is 13.5 Å². The van der Waals surface area contributed by atoms with Crippen molar-refractivity contribution in [2.24, 2.45) is 0 Å². The van der Waals surface area contributed by atoms with E-state index in [0.717, 1.165) is 18.2 Å². The number of sulfonamides is 1. The van der Waals surface area contributed by atoms with Gasteiger partial charge in [-0.05, 0) is 28.9 Å². The van der Waals surface area contributed by atoms with Crippen molar-refractivity contribution >= 4 is 31.6 Å². The van der Waals surface area contributed by atoms with Gasteiger partial charge in [0.05, 0.1) is 10.2 Å². The molecule has 0 fully saturated rings. The third kappa shape index (κ3) is 3.25. The predicted molar refractivity (Wildman–Crippen MR) is 74.2 cm³/mol. The number of benzene rings is 1. The zero-order chi connectivity index (χ0) is 15.8. The highest BCUT2D eigenvalue weighted by molar-refractivity contribution is 9.10. The molecule has 1 aromatic carbocycles. The molecule has 0 bridgehead atoms. The number of anilines is 1. The molecule has 1 aromatic heterocycles. The first kappa shape index (κ1) is 15.9. The maximum absolute atomic E-state index is 13.7. The highest BCUT2D eigenvalue weighted by Crippen LogP contribution is 2.27. The summed E-state index contributed by atoms with van der Waals surface area (Å²) in [6, 6.07) is 2.65. The highest BCUT2D eigenvalue weighted by Gasteiger charge is 2.23. The van der Waals surface area contributed by atoms with Gasteiger partial charge in [0.2, 0.25) is 0 Å². The minimum atomic E-state index is -4.16. The van der Waals surface area contributed by atoms with Gasteiger partial charge in [-0.15, -0.1) is 0 Å². The summed E-state index contributed by atoms with van der Waals surface area (Å²) in [4.78, 5) is -0.255. The van der Waals surface area contributed by atoms with Crippen molar-refractivity contribution in [3.8, 4) is 0 Å². The van der Waals surface area contributed by atoms with Gasteiger partial charge in [0, 0.05) is 12.1 Å². The molecule has 0 aliphatic heterocycles. The van der Waals surface area contributed by atoms with Crippen LogP contribution in [-0.2, 0) is 16.6 Å². The Balaban J connectivity index is 2.42. The van der Waals surface area contributed by atoms with Gasteiger partial charge in [0.25, 0.3) is 10.0 Å². The minimum absolute atomic E-state index is 0.0320. The molecule has 9 heteroatoms. The molecule has 1 heterocycles. The second-order valence-electron chi connectivity index (χ2n) is 4.14. The molecule has 0 atom stereocenters. The van der Waals surface area contributed by atoms with Gasteiger partial charge in [-0.1, -0.05) is 0 Å². The second-order valence-corrected chi connectivity index (χ2v) is 6.65. The molecule has 0 saturated carbocycles. The average Bonchev–Trinajstić information content (AvgIpc) is 2.78. The lowest BCUT2D eigenvalue weighted by molar-refractivity contribution is 0.245. The first-order chi connectivity index (χ1) is 9.74. The van der Waals surface area contributed by atoms with Crippen LogP contribution >= 0.6 is 15.9 Å². The quantitative estimate of drug-likeness (QED) is 0.797. The average molecular weight is 382 g/mol. The van der Waals surface area contributed by atoms with Gasteiger partial charge in [-0.2, -0.15) is 0 Å². The van der Waals surface area contributed by atoms with Gasteiger partial charge in [-0.3, -0.25) is 4.72 Å². The maximum atomic E-state index is 13.7. The molecule has 0 radical (unpaired) electrons. The molecule has 0 unspecified atom stereocenters. The third-order valence-electron chi connectivity index (χ3n) is 2.62. The summed E-state index contributed by atoms with van der Waals surface area (Å²) < 4.78 is 58.2. The molecule has 0 saturated heterocycles. The minimum Gasteiger partial charge on any atom is -0.462 e. The van der Waals surface area contributed by atoms with Crippen molar-refractivity contribution in [1.82, 2.24) is 0 Å². The van der Waals surface area contributed by atoms with Gasteiger partial charge in [0.1, 0.15) is 34.7 Å². The Kier molecular flexibility index (Phi) is 4.35. The normalized spacial score (nSPS) is 11.7. The van der Waals surface area contributed by atoms with Gasteiger partial charge in [0.15, 0.2) is 0 Å². The van der Waals surface area contributed by atoms with Crippen LogP contribution in [0.3, 0.4) is 0 Å². The molecule has 114 valence electrons. The largest absolute Gasteiger partial charge is 0.462 e. The second kappa shape index (κ2) is 5.74. The Morgan fingerprint density at radius 1 is 1.29 bits per heavy atom. The first-order valence-electron chi connectivity index (χ1n) is 5.62. The highest BCUT2D eigenvalue weighted by atomic mass is 79.9. The van der Waals surface area contributed by atoms with E-state index in [1.165, 1.54) is 6.92 Å². The van der Waals surface area contributed by atoms with E-state index in [-0.39, 0.29) is 20.9 Å². The Bertz CT molecular complexity index is 789. The van der Waals surface area contributed by atoms with Crippen LogP contribution in [0.1, 0.15) is 11.5 Å². The summed E-state index contributed by atoms with van der Waals surface area (Å²) in [5, 5.41) is 8.92. The van der Waals surface area contributed by atoms with E-state index in [9.17, 15) is 17.2 Å². The summed E-state index contributed by atoms with van der Waals surface area (Å²) >= 11 is 2.79. The van der Waals surface area contributed by atoms with E-state index < -0.39 is 34.0 Å². The number of nitrogens with one attached hydrogen (secondary N) is 1. The molecule has 21 heavy (non-hydrogen) atoms.